The number of rotatable bonds is 13. The molecule has 12 heteroatoms. The Kier molecular flexibility index (Phi) is 11.6. The number of ether oxygens (including phenoxy) is 1. The van der Waals surface area contributed by atoms with Gasteiger partial charge < -0.3 is 25.8 Å². The molecule has 0 unspecified atom stereocenters. The average molecular weight is 683 g/mol. The normalized spacial score (nSPS) is 15.4. The highest BCUT2D eigenvalue weighted by molar-refractivity contribution is 8.17. The Morgan fingerprint density at radius 1 is 0.837 bits per heavy atom. The Bertz CT molecular complexity index is 1770. The molecule has 0 radical (unpaired) electrons. The Morgan fingerprint density at radius 2 is 1.43 bits per heavy atom. The van der Waals surface area contributed by atoms with Crippen molar-refractivity contribution in [1.29, 1.82) is 5.26 Å². The lowest BCUT2D eigenvalue weighted by molar-refractivity contribution is -0.140. The van der Waals surface area contributed by atoms with Gasteiger partial charge in [0.05, 0.1) is 12.5 Å². The number of alkyl carbamates (subject to hydrolysis) is 1. The van der Waals surface area contributed by atoms with Crippen LogP contribution in [0.2, 0.25) is 0 Å². The third-order valence-corrected chi connectivity index (χ3v) is 11.1. The fourth-order valence-corrected chi connectivity index (χ4v) is 8.45. The number of Topliss-reactive ketones (excluding diaryl/α,β-unsaturated/α-hetero) is 1. The average Bonchev–Trinajstić information content (AvgIpc) is 3.74. The highest BCUT2D eigenvalue weighted by Crippen LogP contribution is 2.44. The second-order valence-electron chi connectivity index (χ2n) is 12.0. The summed E-state index contributed by atoms with van der Waals surface area (Å²) >= 11 is 0. The van der Waals surface area contributed by atoms with Crippen molar-refractivity contribution < 1.29 is 33.8 Å². The van der Waals surface area contributed by atoms with Crippen LogP contribution in [0, 0.1) is 11.3 Å². The van der Waals surface area contributed by atoms with Gasteiger partial charge in [0.2, 0.25) is 17.6 Å². The van der Waals surface area contributed by atoms with Crippen LogP contribution in [0.5, 0.6) is 0 Å². The van der Waals surface area contributed by atoms with E-state index < -0.39 is 64.7 Å². The Hall–Kier alpha value is -5.28. The number of benzene rings is 3. The van der Waals surface area contributed by atoms with E-state index in [2.05, 4.69) is 22.0 Å². The molecule has 1 saturated heterocycles. The Labute approximate surface area is 287 Å². The largest absolute Gasteiger partial charge is 0.481 e. The first-order valence-corrected chi connectivity index (χ1v) is 17.7. The van der Waals surface area contributed by atoms with Crippen LogP contribution < -0.4 is 16.0 Å². The minimum Gasteiger partial charge on any atom is -0.481 e. The van der Waals surface area contributed by atoms with E-state index in [4.69, 9.17) is 4.74 Å². The van der Waals surface area contributed by atoms with Gasteiger partial charge in [0.15, 0.2) is 0 Å². The van der Waals surface area contributed by atoms with E-state index >= 15 is 0 Å². The maximum atomic E-state index is 13.6. The molecule has 1 heterocycles. The molecule has 3 amide bonds. The number of fused-ring (bicyclic) bond motifs is 3. The lowest BCUT2D eigenvalue weighted by atomic mass is 9.98. The molecule has 1 aliphatic heterocycles. The molecule has 1 aliphatic carbocycles. The number of hydrogen-bond donors (Lipinski definition) is 4. The molecule has 0 aromatic heterocycles. The van der Waals surface area contributed by atoms with E-state index in [1.807, 2.05) is 66.7 Å². The van der Waals surface area contributed by atoms with Crippen molar-refractivity contribution in [3.05, 3.63) is 95.6 Å². The zero-order chi connectivity index (χ0) is 34.9. The van der Waals surface area contributed by atoms with Gasteiger partial charge in [-0.1, -0.05) is 78.9 Å². The van der Waals surface area contributed by atoms with Gasteiger partial charge in [0, 0.05) is 12.3 Å². The van der Waals surface area contributed by atoms with Crippen LogP contribution in [0.15, 0.2) is 78.9 Å². The van der Waals surface area contributed by atoms with Gasteiger partial charge >= 0.3 is 12.1 Å². The number of carbonyl (C=O) groups excluding carboxylic acids is 4. The number of ketones is 1. The standard InChI is InChI=1S/C37H38N4O7S/c1-23(35(45)40-30(19-24-11-3-2-4-12-24)34(44)32(21-38)49-17-9-10-18-49)39-36(46)31(20-33(42)43)41-37(47)48-22-29-27-15-7-5-13-25(27)26-14-6-8-16-28(26)29/h2-8,11-16,23,29-31H,9-10,17-20,22H2,1H3,(H,39,46)(H,40,45)(H,41,47)(H,42,43)/t23-,30-,31-/m0/s1. The number of nitrogens with one attached hydrogen (secondary N) is 3. The summed E-state index contributed by atoms with van der Waals surface area (Å²) < 4.78 is 5.50. The number of hydrogen-bond acceptors (Lipinski definition) is 7. The molecule has 0 bridgehead atoms. The van der Waals surface area contributed by atoms with Crippen molar-refractivity contribution in [1.82, 2.24) is 16.0 Å². The second-order valence-corrected chi connectivity index (χ2v) is 14.2. The van der Waals surface area contributed by atoms with Gasteiger partial charge in [-0.25, -0.2) is 4.79 Å². The lowest BCUT2D eigenvalue weighted by Crippen LogP contribution is -2.56. The van der Waals surface area contributed by atoms with E-state index in [1.165, 1.54) is 6.92 Å². The first kappa shape index (κ1) is 35.0. The molecule has 11 nitrogen and oxygen atoms in total. The van der Waals surface area contributed by atoms with Gasteiger partial charge in [0.1, 0.15) is 29.6 Å². The predicted molar refractivity (Wildman–Crippen MR) is 186 cm³/mol. The Morgan fingerprint density at radius 3 is 2.02 bits per heavy atom. The van der Waals surface area contributed by atoms with Gasteiger partial charge in [-0.2, -0.15) is 15.7 Å². The number of amides is 3. The summed E-state index contributed by atoms with van der Waals surface area (Å²) in [6, 6.07) is 22.9. The maximum Gasteiger partial charge on any atom is 0.407 e. The lowest BCUT2D eigenvalue weighted by Gasteiger charge is -2.23. The third-order valence-electron chi connectivity index (χ3n) is 8.64. The summed E-state index contributed by atoms with van der Waals surface area (Å²) in [5, 5.41) is 26.8. The van der Waals surface area contributed by atoms with Crippen molar-refractivity contribution >= 4 is 45.0 Å². The number of aliphatic carboxylic acids is 1. The molecule has 49 heavy (non-hydrogen) atoms. The molecular formula is C37H38N4O7S. The first-order valence-electron chi connectivity index (χ1n) is 16.1. The van der Waals surface area contributed by atoms with Crippen molar-refractivity contribution in [2.24, 2.45) is 0 Å². The van der Waals surface area contributed by atoms with E-state index in [-0.39, 0.29) is 23.8 Å². The fourth-order valence-electron chi connectivity index (χ4n) is 6.18. The zero-order valence-corrected chi connectivity index (χ0v) is 27.8. The maximum absolute atomic E-state index is 13.6. The van der Waals surface area contributed by atoms with Gasteiger partial charge in [0.25, 0.3) is 0 Å². The molecule has 2 aliphatic rings. The van der Waals surface area contributed by atoms with Crippen molar-refractivity contribution in [2.75, 3.05) is 18.1 Å². The predicted octanol–water partition coefficient (Wildman–Crippen LogP) is 3.93. The molecule has 3 atom stereocenters. The molecular weight excluding hydrogens is 644 g/mol. The third kappa shape index (κ3) is 8.61. The van der Waals surface area contributed by atoms with Crippen LogP contribution in [0.4, 0.5) is 4.79 Å². The van der Waals surface area contributed by atoms with E-state index in [0.29, 0.717) is 0 Å². The van der Waals surface area contributed by atoms with Crippen molar-refractivity contribution in [3.8, 4) is 17.2 Å². The molecule has 5 rings (SSSR count). The SMILES string of the molecule is C[C@H](NC(=O)[C@H](CC(=O)O)NC(=O)OCC1c2ccccc2-c2ccccc21)C(=O)N[C@@H](Cc1ccccc1)C(=O)C(C#N)=S1CCCC1. The summed E-state index contributed by atoms with van der Waals surface area (Å²) in [5.41, 5.74) is 4.83. The molecule has 4 N–H and O–H groups in total. The topological polar surface area (TPSA) is 175 Å². The molecule has 0 spiro atoms. The van der Waals surface area contributed by atoms with Crippen LogP contribution in [0.1, 0.15) is 48.8 Å². The van der Waals surface area contributed by atoms with Crippen LogP contribution in [-0.2, 0) is 30.3 Å². The molecule has 3 aromatic rings. The fraction of sp³-hybridized carbons (Fsp3) is 0.324. The van der Waals surface area contributed by atoms with E-state index in [9.17, 15) is 34.3 Å². The monoisotopic (exact) mass is 682 g/mol. The van der Waals surface area contributed by atoms with Crippen LogP contribution >= 0.6 is 10.5 Å². The summed E-state index contributed by atoms with van der Waals surface area (Å²) in [6.07, 6.45) is 0.257. The van der Waals surface area contributed by atoms with Gasteiger partial charge in [-0.15, -0.1) is 0 Å². The first-order chi connectivity index (χ1) is 23.7. The smallest absolute Gasteiger partial charge is 0.407 e. The van der Waals surface area contributed by atoms with E-state index in [0.717, 1.165) is 52.2 Å². The van der Waals surface area contributed by atoms with Gasteiger partial charge in [-0.3, -0.25) is 19.2 Å². The number of nitrogens with zero attached hydrogens (tertiary/aromatic N) is 1. The minimum absolute atomic E-state index is 0.0416. The quantitative estimate of drug-likeness (QED) is 0.196. The summed E-state index contributed by atoms with van der Waals surface area (Å²) in [4.78, 5) is 64.8. The summed E-state index contributed by atoms with van der Waals surface area (Å²) in [6.45, 7) is 1.34. The second kappa shape index (κ2) is 16.2. The highest BCUT2D eigenvalue weighted by atomic mass is 32.2. The molecule has 3 aromatic carbocycles. The van der Waals surface area contributed by atoms with Crippen LogP contribution in [0.25, 0.3) is 11.1 Å². The highest BCUT2D eigenvalue weighted by Gasteiger charge is 2.33. The minimum atomic E-state index is -1.55. The number of carboxylic acid groups (broad SMARTS) is 1. The summed E-state index contributed by atoms with van der Waals surface area (Å²) in [5.74, 6) is -2.15. The molecule has 254 valence electrons. The summed E-state index contributed by atoms with van der Waals surface area (Å²) in [7, 11) is -0.474. The Balaban J connectivity index is 1.23. The number of carbonyl (C=O) groups is 5. The number of nitriles is 1. The van der Waals surface area contributed by atoms with Crippen LogP contribution in [0.3, 0.4) is 0 Å². The van der Waals surface area contributed by atoms with Gasteiger partial charge in [-0.05, 0) is 59.1 Å². The molecule has 0 saturated carbocycles. The number of carboxylic acids is 1. The zero-order valence-electron chi connectivity index (χ0n) is 27.0. The van der Waals surface area contributed by atoms with E-state index in [1.54, 1.807) is 12.1 Å². The molecule has 1 fully saturated rings. The van der Waals surface area contributed by atoms with Crippen molar-refractivity contribution in [3.63, 3.8) is 0 Å². The van der Waals surface area contributed by atoms with Crippen molar-refractivity contribution in [2.45, 2.75) is 56.7 Å². The van der Waals surface area contributed by atoms with Crippen LogP contribution in [-0.4, -0.2) is 75.9 Å².